The number of rotatable bonds is 2. The zero-order chi connectivity index (χ0) is 18.1. The van der Waals surface area contributed by atoms with E-state index in [1.807, 2.05) is 48.2 Å². The molecular weight excluding hydrogens is 326 g/mol. The van der Waals surface area contributed by atoms with Gasteiger partial charge in [-0.25, -0.2) is 0 Å². The summed E-state index contributed by atoms with van der Waals surface area (Å²) in [6, 6.07) is 11.8. The van der Waals surface area contributed by atoms with Crippen molar-refractivity contribution in [3.05, 3.63) is 65.5 Å². The van der Waals surface area contributed by atoms with Gasteiger partial charge >= 0.3 is 0 Å². The summed E-state index contributed by atoms with van der Waals surface area (Å²) in [4.78, 5) is 31.2. The molecule has 2 aliphatic heterocycles. The normalized spacial score (nSPS) is 21.7. The molecule has 134 valence electrons. The van der Waals surface area contributed by atoms with Gasteiger partial charge in [0, 0.05) is 31.0 Å². The predicted molar refractivity (Wildman–Crippen MR) is 98.8 cm³/mol. The number of aryl methyl sites for hydroxylation is 1. The highest BCUT2D eigenvalue weighted by Gasteiger charge is 2.46. The van der Waals surface area contributed by atoms with Crippen LogP contribution in [0.4, 0.5) is 0 Å². The Morgan fingerprint density at radius 3 is 2.62 bits per heavy atom. The SMILES string of the molecule is Cc1cncc(C(=O)N2CCC3(CC2)C[C@@H](c2ccccc2)C(=O)N3)c1. The van der Waals surface area contributed by atoms with Crippen LogP contribution in [-0.4, -0.2) is 40.3 Å². The van der Waals surface area contributed by atoms with Crippen molar-refractivity contribution in [2.45, 2.75) is 37.6 Å². The zero-order valence-corrected chi connectivity index (χ0v) is 14.9. The largest absolute Gasteiger partial charge is 0.350 e. The van der Waals surface area contributed by atoms with Crippen LogP contribution in [0, 0.1) is 6.92 Å². The molecule has 2 saturated heterocycles. The fourth-order valence-electron chi connectivity index (χ4n) is 4.16. The first-order valence-corrected chi connectivity index (χ1v) is 9.14. The van der Waals surface area contributed by atoms with E-state index in [-0.39, 0.29) is 23.3 Å². The molecule has 1 aromatic heterocycles. The Morgan fingerprint density at radius 1 is 1.19 bits per heavy atom. The Balaban J connectivity index is 1.43. The number of piperidine rings is 1. The van der Waals surface area contributed by atoms with Crippen molar-refractivity contribution >= 4 is 11.8 Å². The van der Waals surface area contributed by atoms with Crippen LogP contribution in [-0.2, 0) is 4.79 Å². The second kappa shape index (κ2) is 6.56. The number of aromatic nitrogens is 1. The van der Waals surface area contributed by atoms with Gasteiger partial charge in [-0.1, -0.05) is 30.3 Å². The van der Waals surface area contributed by atoms with E-state index in [0.717, 1.165) is 30.4 Å². The Bertz CT molecular complexity index is 826. The average molecular weight is 349 g/mol. The van der Waals surface area contributed by atoms with E-state index in [4.69, 9.17) is 0 Å². The van der Waals surface area contributed by atoms with E-state index in [1.165, 1.54) is 0 Å². The number of nitrogens with one attached hydrogen (secondary N) is 1. The van der Waals surface area contributed by atoms with E-state index >= 15 is 0 Å². The predicted octanol–water partition coefficient (Wildman–Crippen LogP) is 2.67. The van der Waals surface area contributed by atoms with Crippen molar-refractivity contribution in [2.24, 2.45) is 0 Å². The van der Waals surface area contributed by atoms with E-state index < -0.39 is 0 Å². The quantitative estimate of drug-likeness (QED) is 0.907. The topological polar surface area (TPSA) is 62.3 Å². The number of carbonyl (C=O) groups is 2. The standard InChI is InChI=1S/C21H23N3O2/c1-15-11-17(14-22-13-15)20(26)24-9-7-21(8-10-24)12-18(19(25)23-21)16-5-3-2-4-6-16/h2-6,11,13-14,18H,7-10,12H2,1H3,(H,23,25)/t18-/m0/s1. The molecule has 0 unspecified atom stereocenters. The van der Waals surface area contributed by atoms with Crippen molar-refractivity contribution in [2.75, 3.05) is 13.1 Å². The number of hydrogen-bond donors (Lipinski definition) is 1. The number of hydrogen-bond acceptors (Lipinski definition) is 3. The van der Waals surface area contributed by atoms with E-state index in [0.29, 0.717) is 18.7 Å². The fraction of sp³-hybridized carbons (Fsp3) is 0.381. The maximum atomic E-state index is 12.7. The van der Waals surface area contributed by atoms with Crippen LogP contribution >= 0.6 is 0 Å². The van der Waals surface area contributed by atoms with Crippen LogP contribution < -0.4 is 5.32 Å². The molecule has 2 fully saturated rings. The summed E-state index contributed by atoms with van der Waals surface area (Å²) < 4.78 is 0. The van der Waals surface area contributed by atoms with Gasteiger partial charge in [0.1, 0.15) is 0 Å². The smallest absolute Gasteiger partial charge is 0.255 e. The third-order valence-corrected chi connectivity index (χ3v) is 5.63. The molecular formula is C21H23N3O2. The summed E-state index contributed by atoms with van der Waals surface area (Å²) in [7, 11) is 0. The summed E-state index contributed by atoms with van der Waals surface area (Å²) in [6.45, 7) is 3.26. The first-order chi connectivity index (χ1) is 12.6. The maximum absolute atomic E-state index is 12.7. The molecule has 2 amide bonds. The molecule has 0 bridgehead atoms. The first-order valence-electron chi connectivity index (χ1n) is 9.14. The molecule has 2 aromatic rings. The molecule has 0 saturated carbocycles. The molecule has 26 heavy (non-hydrogen) atoms. The molecule has 1 atom stereocenters. The van der Waals surface area contributed by atoms with Gasteiger partial charge in [-0.3, -0.25) is 14.6 Å². The van der Waals surface area contributed by atoms with Crippen LogP contribution in [0.5, 0.6) is 0 Å². The summed E-state index contributed by atoms with van der Waals surface area (Å²) in [5, 5.41) is 3.24. The number of carbonyl (C=O) groups excluding carboxylic acids is 2. The lowest BCUT2D eigenvalue weighted by Crippen LogP contribution is -2.52. The summed E-state index contributed by atoms with van der Waals surface area (Å²) in [5.41, 5.74) is 2.52. The Hall–Kier alpha value is -2.69. The van der Waals surface area contributed by atoms with Crippen molar-refractivity contribution < 1.29 is 9.59 Å². The molecule has 0 aliphatic carbocycles. The minimum absolute atomic E-state index is 0.0278. The average Bonchev–Trinajstić information content (AvgIpc) is 2.98. The van der Waals surface area contributed by atoms with Gasteiger partial charge in [-0.05, 0) is 43.4 Å². The molecule has 5 heteroatoms. The zero-order valence-electron chi connectivity index (χ0n) is 14.9. The first kappa shape index (κ1) is 16.8. The number of pyridine rings is 1. The summed E-state index contributed by atoms with van der Waals surface area (Å²) >= 11 is 0. The Kier molecular flexibility index (Phi) is 4.23. The molecule has 3 heterocycles. The molecule has 1 spiro atoms. The minimum Gasteiger partial charge on any atom is -0.350 e. The lowest BCUT2D eigenvalue weighted by atomic mass is 9.82. The second-order valence-corrected chi connectivity index (χ2v) is 7.48. The molecule has 5 nitrogen and oxygen atoms in total. The lowest BCUT2D eigenvalue weighted by Gasteiger charge is -2.39. The highest BCUT2D eigenvalue weighted by Crippen LogP contribution is 2.39. The van der Waals surface area contributed by atoms with Crippen molar-refractivity contribution in [1.82, 2.24) is 15.2 Å². The van der Waals surface area contributed by atoms with E-state index in [9.17, 15) is 9.59 Å². The third-order valence-electron chi connectivity index (χ3n) is 5.63. The minimum atomic E-state index is -0.181. The number of likely N-dealkylation sites (tertiary alicyclic amines) is 1. The van der Waals surface area contributed by atoms with Crippen molar-refractivity contribution in [1.29, 1.82) is 0 Å². The monoisotopic (exact) mass is 349 g/mol. The Labute approximate surface area is 153 Å². The highest BCUT2D eigenvalue weighted by molar-refractivity contribution is 5.94. The Morgan fingerprint density at radius 2 is 1.92 bits per heavy atom. The van der Waals surface area contributed by atoms with Crippen LogP contribution in [0.15, 0.2) is 48.8 Å². The van der Waals surface area contributed by atoms with Crippen molar-refractivity contribution in [3.63, 3.8) is 0 Å². The van der Waals surface area contributed by atoms with Crippen molar-refractivity contribution in [3.8, 4) is 0 Å². The van der Waals surface area contributed by atoms with Crippen LogP contribution in [0.25, 0.3) is 0 Å². The summed E-state index contributed by atoms with van der Waals surface area (Å²) in [6.07, 6.45) is 5.78. The van der Waals surface area contributed by atoms with Gasteiger partial charge in [0.15, 0.2) is 0 Å². The third kappa shape index (κ3) is 3.09. The molecule has 2 aliphatic rings. The maximum Gasteiger partial charge on any atom is 0.255 e. The number of amides is 2. The molecule has 1 aromatic carbocycles. The fourth-order valence-corrected chi connectivity index (χ4v) is 4.16. The van der Waals surface area contributed by atoms with Gasteiger partial charge in [-0.2, -0.15) is 0 Å². The van der Waals surface area contributed by atoms with Gasteiger partial charge in [0.2, 0.25) is 5.91 Å². The van der Waals surface area contributed by atoms with Crippen LogP contribution in [0.3, 0.4) is 0 Å². The van der Waals surface area contributed by atoms with Crippen LogP contribution in [0.1, 0.15) is 46.7 Å². The van der Waals surface area contributed by atoms with E-state index in [1.54, 1.807) is 12.4 Å². The second-order valence-electron chi connectivity index (χ2n) is 7.48. The molecule has 1 N–H and O–H groups in total. The number of nitrogens with zero attached hydrogens (tertiary/aromatic N) is 2. The van der Waals surface area contributed by atoms with Gasteiger partial charge in [-0.15, -0.1) is 0 Å². The highest BCUT2D eigenvalue weighted by atomic mass is 16.2. The van der Waals surface area contributed by atoms with Gasteiger partial charge in [0.05, 0.1) is 11.5 Å². The lowest BCUT2D eigenvalue weighted by molar-refractivity contribution is -0.121. The van der Waals surface area contributed by atoms with E-state index in [2.05, 4.69) is 10.3 Å². The van der Waals surface area contributed by atoms with Gasteiger partial charge < -0.3 is 10.2 Å². The molecule has 4 rings (SSSR count). The molecule has 0 radical (unpaired) electrons. The summed E-state index contributed by atoms with van der Waals surface area (Å²) in [5.74, 6) is 0.0540. The number of benzene rings is 1. The van der Waals surface area contributed by atoms with Gasteiger partial charge in [0.25, 0.3) is 5.91 Å². The van der Waals surface area contributed by atoms with Crippen LogP contribution in [0.2, 0.25) is 0 Å².